The first-order valence-electron chi connectivity index (χ1n) is 5.54. The van der Waals surface area contributed by atoms with E-state index in [2.05, 4.69) is 0 Å². The van der Waals surface area contributed by atoms with Crippen molar-refractivity contribution in [2.45, 2.75) is 39.7 Å². The largest absolute Gasteiger partial charge is 0.382 e. The van der Waals surface area contributed by atoms with E-state index in [1.165, 1.54) is 0 Å². The molecule has 0 bridgehead atoms. The van der Waals surface area contributed by atoms with Crippen LogP contribution in [0.5, 0.6) is 0 Å². The Morgan fingerprint density at radius 3 is 3.00 bits per heavy atom. The van der Waals surface area contributed by atoms with Crippen molar-refractivity contribution >= 4 is 0 Å². The Balaban J connectivity index is 3.28. The minimum Gasteiger partial charge on any atom is -0.382 e. The molecule has 0 aliphatic rings. The second kappa shape index (κ2) is 8.02. The molecule has 2 nitrogen and oxygen atoms in total. The Bertz CT molecular complexity index is 91.6. The third kappa shape index (κ3) is 7.82. The van der Waals surface area contributed by atoms with Gasteiger partial charge in [0.05, 0.1) is 6.10 Å². The zero-order valence-corrected chi connectivity index (χ0v) is 7.34. The SMILES string of the molecule is [2H]CCCOC(C[2H])CCOCC. The molecule has 0 saturated heterocycles. The van der Waals surface area contributed by atoms with Gasteiger partial charge in [0.1, 0.15) is 0 Å². The first kappa shape index (κ1) is 7.56. The van der Waals surface area contributed by atoms with Gasteiger partial charge in [-0.1, -0.05) is 6.90 Å². The molecule has 11 heavy (non-hydrogen) atoms. The molecular formula is C9H20O2. The maximum absolute atomic E-state index is 7.20. The summed E-state index contributed by atoms with van der Waals surface area (Å²) in [6.45, 7) is 4.62. The maximum Gasteiger partial charge on any atom is 0.0568 e. The molecule has 0 aliphatic heterocycles. The summed E-state index contributed by atoms with van der Waals surface area (Å²) in [6.07, 6.45) is 1.53. The Kier molecular flexibility index (Phi) is 5.51. The lowest BCUT2D eigenvalue weighted by Gasteiger charge is -2.11. The fourth-order valence-electron chi connectivity index (χ4n) is 0.692. The summed E-state index contributed by atoms with van der Waals surface area (Å²) in [4.78, 5) is 0. The fourth-order valence-corrected chi connectivity index (χ4v) is 0.692. The Hall–Kier alpha value is -0.0800. The molecule has 0 aliphatic carbocycles. The predicted molar refractivity (Wildman–Crippen MR) is 46.8 cm³/mol. The van der Waals surface area contributed by atoms with E-state index in [4.69, 9.17) is 12.2 Å². The molecule has 2 heteroatoms. The molecule has 1 atom stereocenters. The monoisotopic (exact) mass is 162 g/mol. The van der Waals surface area contributed by atoms with Gasteiger partial charge in [-0.25, -0.2) is 0 Å². The quantitative estimate of drug-likeness (QED) is 0.534. The molecule has 0 saturated carbocycles. The fraction of sp³-hybridized carbons (Fsp3) is 1.00. The molecule has 1 unspecified atom stereocenters. The summed E-state index contributed by atoms with van der Waals surface area (Å²) >= 11 is 0. The Morgan fingerprint density at radius 2 is 2.36 bits per heavy atom. The highest BCUT2D eigenvalue weighted by atomic mass is 16.5. The van der Waals surface area contributed by atoms with E-state index in [9.17, 15) is 0 Å². The van der Waals surface area contributed by atoms with Gasteiger partial charge >= 0.3 is 0 Å². The molecular weight excluding hydrogens is 140 g/mol. The average molecular weight is 162 g/mol. The highest BCUT2D eigenvalue weighted by Gasteiger charge is 1.99. The van der Waals surface area contributed by atoms with Gasteiger partial charge in [-0.15, -0.1) is 0 Å². The van der Waals surface area contributed by atoms with E-state index < -0.39 is 0 Å². The van der Waals surface area contributed by atoms with Crippen molar-refractivity contribution < 1.29 is 12.2 Å². The van der Waals surface area contributed by atoms with Crippen LogP contribution in [0.3, 0.4) is 0 Å². The summed E-state index contributed by atoms with van der Waals surface area (Å²) in [5.41, 5.74) is 0. The van der Waals surface area contributed by atoms with Crippen molar-refractivity contribution in [3.05, 3.63) is 0 Å². The van der Waals surface area contributed by atoms with Crippen molar-refractivity contribution in [3.8, 4) is 0 Å². The Morgan fingerprint density at radius 1 is 1.45 bits per heavy atom. The molecule has 0 spiro atoms. The second-order valence-corrected chi connectivity index (χ2v) is 2.33. The molecule has 68 valence electrons. The van der Waals surface area contributed by atoms with Crippen molar-refractivity contribution in [2.75, 3.05) is 19.8 Å². The summed E-state index contributed by atoms with van der Waals surface area (Å²) < 4.78 is 24.7. The minimum absolute atomic E-state index is 0.0156. The molecule has 0 heterocycles. The van der Waals surface area contributed by atoms with Gasteiger partial charge in [0.2, 0.25) is 0 Å². The molecule has 0 amide bonds. The lowest BCUT2D eigenvalue weighted by atomic mass is 10.3. The highest BCUT2D eigenvalue weighted by molar-refractivity contribution is 4.48. The topological polar surface area (TPSA) is 18.5 Å². The molecule has 0 N–H and O–H groups in total. The van der Waals surface area contributed by atoms with Gasteiger partial charge in [-0.3, -0.25) is 0 Å². The van der Waals surface area contributed by atoms with Gasteiger partial charge in [0.15, 0.2) is 0 Å². The van der Waals surface area contributed by atoms with Crippen molar-refractivity contribution in [1.29, 1.82) is 0 Å². The van der Waals surface area contributed by atoms with Crippen LogP contribution in [-0.2, 0) is 9.47 Å². The van der Waals surface area contributed by atoms with E-state index >= 15 is 0 Å². The van der Waals surface area contributed by atoms with Gasteiger partial charge < -0.3 is 9.47 Å². The predicted octanol–water partition coefficient (Wildman–Crippen LogP) is 2.23. The van der Waals surface area contributed by atoms with Gasteiger partial charge in [-0.2, -0.15) is 0 Å². The summed E-state index contributed by atoms with van der Waals surface area (Å²) in [5, 5.41) is 0. The number of rotatable bonds is 7. The zero-order chi connectivity index (χ0) is 9.94. The summed E-state index contributed by atoms with van der Waals surface area (Å²) in [7, 11) is 0. The zero-order valence-electron chi connectivity index (χ0n) is 9.34. The van der Waals surface area contributed by atoms with Crippen LogP contribution >= 0.6 is 0 Å². The molecule has 0 aromatic heterocycles. The van der Waals surface area contributed by atoms with Gasteiger partial charge in [0, 0.05) is 22.6 Å². The first-order chi connectivity index (χ1) is 6.35. The number of hydrogen-bond acceptors (Lipinski definition) is 2. The maximum atomic E-state index is 7.20. The normalized spacial score (nSPS) is 15.7. The van der Waals surface area contributed by atoms with E-state index in [-0.39, 0.29) is 13.0 Å². The van der Waals surface area contributed by atoms with Crippen LogP contribution in [0.4, 0.5) is 0 Å². The van der Waals surface area contributed by atoms with Crippen molar-refractivity contribution in [1.82, 2.24) is 0 Å². The molecule has 0 rings (SSSR count). The van der Waals surface area contributed by atoms with Crippen LogP contribution in [0.1, 0.15) is 36.3 Å². The smallest absolute Gasteiger partial charge is 0.0568 e. The second-order valence-electron chi connectivity index (χ2n) is 2.33. The van der Waals surface area contributed by atoms with E-state index in [0.29, 0.717) is 20.1 Å². The van der Waals surface area contributed by atoms with Crippen molar-refractivity contribution in [3.63, 3.8) is 0 Å². The van der Waals surface area contributed by atoms with E-state index in [1.807, 2.05) is 6.92 Å². The van der Waals surface area contributed by atoms with Crippen LogP contribution in [0, 0.1) is 0 Å². The number of ether oxygens (including phenoxy) is 2. The van der Waals surface area contributed by atoms with Crippen LogP contribution in [0.25, 0.3) is 0 Å². The average Bonchev–Trinajstić information content (AvgIpc) is 2.16. The molecule has 0 aromatic rings. The lowest BCUT2D eigenvalue weighted by Crippen LogP contribution is -2.12. The van der Waals surface area contributed by atoms with Crippen LogP contribution in [-0.4, -0.2) is 25.9 Å². The molecule has 0 radical (unpaired) electrons. The minimum atomic E-state index is -0.0156. The molecule has 0 aromatic carbocycles. The van der Waals surface area contributed by atoms with Crippen LogP contribution < -0.4 is 0 Å². The Labute approximate surface area is 72.7 Å². The third-order valence-corrected chi connectivity index (χ3v) is 1.29. The van der Waals surface area contributed by atoms with E-state index in [0.717, 1.165) is 19.4 Å². The third-order valence-electron chi connectivity index (χ3n) is 1.29. The highest BCUT2D eigenvalue weighted by Crippen LogP contribution is 1.98. The van der Waals surface area contributed by atoms with Crippen LogP contribution in [0.2, 0.25) is 0 Å². The van der Waals surface area contributed by atoms with Crippen molar-refractivity contribution in [2.24, 2.45) is 0 Å². The summed E-state index contributed by atoms with van der Waals surface area (Å²) in [5.74, 6) is 0. The standard InChI is InChI=1S/C9H20O2/c1-4-7-11-9(3)6-8-10-5-2/h9H,4-8H2,1-3H3/i1D,3D. The van der Waals surface area contributed by atoms with Gasteiger partial charge in [0.25, 0.3) is 0 Å². The van der Waals surface area contributed by atoms with Gasteiger partial charge in [-0.05, 0) is 26.7 Å². The first-order valence-corrected chi connectivity index (χ1v) is 4.13. The van der Waals surface area contributed by atoms with Crippen LogP contribution in [0.15, 0.2) is 0 Å². The summed E-state index contributed by atoms with van der Waals surface area (Å²) in [6, 6.07) is 0. The molecule has 0 fully saturated rings. The number of hydrogen-bond donors (Lipinski definition) is 0. The lowest BCUT2D eigenvalue weighted by molar-refractivity contribution is 0.0342. The van der Waals surface area contributed by atoms with E-state index in [1.54, 1.807) is 0 Å².